The number of halogens is 6. The van der Waals surface area contributed by atoms with Crippen LogP contribution in [0.5, 0.6) is 6.01 Å². The van der Waals surface area contributed by atoms with Crippen molar-refractivity contribution >= 4 is 28.3 Å². The van der Waals surface area contributed by atoms with Crippen LogP contribution < -0.4 is 10.1 Å². The molecule has 0 saturated carbocycles. The van der Waals surface area contributed by atoms with Crippen molar-refractivity contribution in [1.29, 1.82) is 0 Å². The number of benzene rings is 1. The average molecular weight is 445 g/mol. The molecule has 4 rings (SSSR count). The largest absolute Gasteiger partial charge is 0.457 e. The number of rotatable bonds is 0. The predicted molar refractivity (Wildman–Crippen MR) is 100.0 cm³/mol. The highest BCUT2D eigenvalue weighted by atomic mass is 35.5. The van der Waals surface area contributed by atoms with Gasteiger partial charge in [0, 0.05) is 11.8 Å². The molecule has 3 heterocycles. The lowest BCUT2D eigenvalue weighted by atomic mass is 9.91. The molecule has 5 nitrogen and oxygen atoms in total. The van der Waals surface area contributed by atoms with Crippen molar-refractivity contribution in [2.75, 3.05) is 11.9 Å². The summed E-state index contributed by atoms with van der Waals surface area (Å²) in [6.45, 7) is 0.380. The highest BCUT2D eigenvalue weighted by molar-refractivity contribution is 6.30. The smallest absolute Gasteiger partial charge is 0.416 e. The number of hydrogen-bond acceptors (Lipinski definition) is 5. The van der Waals surface area contributed by atoms with Gasteiger partial charge in [0.15, 0.2) is 6.61 Å². The van der Waals surface area contributed by atoms with Crippen LogP contribution in [0.15, 0.2) is 30.5 Å². The van der Waals surface area contributed by atoms with Gasteiger partial charge < -0.3 is 10.1 Å². The molecule has 11 heteroatoms. The summed E-state index contributed by atoms with van der Waals surface area (Å²) in [4.78, 5) is 12.1. The Hall–Kier alpha value is -2.75. The van der Waals surface area contributed by atoms with Crippen molar-refractivity contribution in [3.05, 3.63) is 52.3 Å². The third kappa shape index (κ3) is 3.96. The number of ether oxygens (including phenoxy) is 1. The zero-order valence-electron chi connectivity index (χ0n) is 15.4. The molecule has 0 amide bonds. The molecule has 2 aromatic heterocycles. The van der Waals surface area contributed by atoms with E-state index >= 15 is 0 Å². The zero-order chi connectivity index (χ0) is 21.7. The molecule has 0 aliphatic carbocycles. The van der Waals surface area contributed by atoms with Crippen LogP contribution in [0.3, 0.4) is 0 Å². The molecule has 1 N–H and O–H groups in total. The van der Waals surface area contributed by atoms with Gasteiger partial charge in [0.05, 0.1) is 23.3 Å². The van der Waals surface area contributed by atoms with Crippen molar-refractivity contribution in [3.63, 3.8) is 0 Å². The molecule has 0 radical (unpaired) electrons. The normalized spacial score (nSPS) is 18.7. The fourth-order valence-corrected chi connectivity index (χ4v) is 3.55. The van der Waals surface area contributed by atoms with Gasteiger partial charge in [-0.25, -0.2) is 13.8 Å². The number of nitrogens with zero attached hydrogens (tertiary/aromatic N) is 3. The number of hydrogen-bond donors (Lipinski definition) is 1. The summed E-state index contributed by atoms with van der Waals surface area (Å²) < 4.78 is 74.9. The van der Waals surface area contributed by atoms with Gasteiger partial charge >= 0.3 is 12.2 Å². The van der Waals surface area contributed by atoms with Crippen molar-refractivity contribution in [1.82, 2.24) is 15.0 Å². The Kier molecular flexibility index (Phi) is 4.92. The zero-order valence-corrected chi connectivity index (χ0v) is 16.2. The van der Waals surface area contributed by atoms with Crippen molar-refractivity contribution < 1.29 is 26.7 Å². The quantitative estimate of drug-likeness (QED) is 0.369. The van der Waals surface area contributed by atoms with Gasteiger partial charge in [-0.2, -0.15) is 23.1 Å². The SMILES string of the molecule is C[C@H]1Nc2nc(nc3cnc(Cl)cc23)OCC(F)(F)Cc2c1cccc2C(F)(F)F. The third-order valence-corrected chi connectivity index (χ3v) is 4.92. The lowest BCUT2D eigenvalue weighted by molar-refractivity contribution is -0.139. The van der Waals surface area contributed by atoms with Crippen LogP contribution in [0.4, 0.5) is 27.8 Å². The van der Waals surface area contributed by atoms with Gasteiger partial charge in [-0.1, -0.05) is 23.7 Å². The van der Waals surface area contributed by atoms with Gasteiger partial charge in [-0.05, 0) is 30.2 Å². The first-order valence-corrected chi connectivity index (χ1v) is 9.21. The average Bonchev–Trinajstić information content (AvgIpc) is 2.66. The van der Waals surface area contributed by atoms with E-state index in [4.69, 9.17) is 16.3 Å². The molecular weight excluding hydrogens is 431 g/mol. The molecular formula is C19H14ClF5N4O. The van der Waals surface area contributed by atoms with Gasteiger partial charge in [-0.3, -0.25) is 0 Å². The number of pyridine rings is 1. The Bertz CT molecular complexity index is 1120. The van der Waals surface area contributed by atoms with Crippen LogP contribution in [0.1, 0.15) is 29.7 Å². The maximum atomic E-state index is 14.6. The molecule has 2 bridgehead atoms. The Morgan fingerprint density at radius 3 is 2.73 bits per heavy atom. The van der Waals surface area contributed by atoms with Crippen LogP contribution >= 0.6 is 11.6 Å². The molecule has 158 valence electrons. The van der Waals surface area contributed by atoms with E-state index in [0.29, 0.717) is 5.39 Å². The number of aromatic nitrogens is 3. The van der Waals surface area contributed by atoms with Crippen LogP contribution in [0.25, 0.3) is 10.9 Å². The van der Waals surface area contributed by atoms with E-state index in [0.717, 1.165) is 6.07 Å². The summed E-state index contributed by atoms with van der Waals surface area (Å²) in [6.07, 6.45) is -4.60. The van der Waals surface area contributed by atoms with E-state index in [1.807, 2.05) is 0 Å². The Balaban J connectivity index is 1.92. The van der Waals surface area contributed by atoms with E-state index < -0.39 is 42.3 Å². The summed E-state index contributed by atoms with van der Waals surface area (Å²) in [5.74, 6) is -3.41. The van der Waals surface area contributed by atoms with E-state index in [1.54, 1.807) is 6.92 Å². The van der Waals surface area contributed by atoms with Gasteiger partial charge in [0.2, 0.25) is 0 Å². The first-order valence-electron chi connectivity index (χ1n) is 8.83. The highest BCUT2D eigenvalue weighted by Crippen LogP contribution is 2.39. The Labute approximate surface area is 172 Å². The number of nitrogens with one attached hydrogen (secondary N) is 1. The third-order valence-electron chi connectivity index (χ3n) is 4.71. The highest BCUT2D eigenvalue weighted by Gasteiger charge is 2.40. The maximum absolute atomic E-state index is 14.6. The molecule has 0 spiro atoms. The molecule has 3 aromatic rings. The first-order chi connectivity index (χ1) is 14.0. The predicted octanol–water partition coefficient (Wildman–Crippen LogP) is 5.44. The molecule has 1 aromatic carbocycles. The maximum Gasteiger partial charge on any atom is 0.416 e. The molecule has 0 fully saturated rings. The van der Waals surface area contributed by atoms with Gasteiger partial charge in [0.1, 0.15) is 11.0 Å². The van der Waals surface area contributed by atoms with E-state index in [2.05, 4.69) is 20.3 Å². The minimum atomic E-state index is -4.79. The summed E-state index contributed by atoms with van der Waals surface area (Å²) in [5, 5.41) is 3.55. The number of fused-ring (bicyclic) bond motifs is 5. The summed E-state index contributed by atoms with van der Waals surface area (Å²) >= 11 is 5.94. The standard InChI is InChI=1S/C19H14ClF5N4O/c1-9-10-3-2-4-13(19(23,24)25)12(10)6-18(21,22)8-30-17-28-14-7-26-15(20)5-11(14)16(27-9)29-17/h2-5,7,9H,6,8H2,1H3,(H,27,28,29)/t9-/m1/s1. The topological polar surface area (TPSA) is 59.9 Å². The van der Waals surface area contributed by atoms with Crippen molar-refractivity contribution in [3.8, 4) is 6.01 Å². The molecule has 1 aliphatic heterocycles. The monoisotopic (exact) mass is 444 g/mol. The van der Waals surface area contributed by atoms with E-state index in [-0.39, 0.29) is 28.1 Å². The van der Waals surface area contributed by atoms with E-state index in [9.17, 15) is 22.0 Å². The second kappa shape index (κ2) is 7.19. The molecule has 0 unspecified atom stereocenters. The van der Waals surface area contributed by atoms with Gasteiger partial charge in [0.25, 0.3) is 5.92 Å². The second-order valence-electron chi connectivity index (χ2n) is 6.94. The van der Waals surface area contributed by atoms with Crippen molar-refractivity contribution in [2.45, 2.75) is 31.5 Å². The number of anilines is 1. The lowest BCUT2D eigenvalue weighted by Gasteiger charge is -2.24. The fourth-order valence-electron chi connectivity index (χ4n) is 3.40. The first kappa shape index (κ1) is 20.5. The van der Waals surface area contributed by atoms with E-state index in [1.165, 1.54) is 24.4 Å². The van der Waals surface area contributed by atoms with Crippen molar-refractivity contribution in [2.24, 2.45) is 0 Å². The van der Waals surface area contributed by atoms with Crippen LogP contribution in [0, 0.1) is 0 Å². The van der Waals surface area contributed by atoms with Crippen LogP contribution in [-0.4, -0.2) is 27.5 Å². The fraction of sp³-hybridized carbons (Fsp3) is 0.316. The Morgan fingerprint density at radius 1 is 1.23 bits per heavy atom. The van der Waals surface area contributed by atoms with Gasteiger partial charge in [-0.15, -0.1) is 0 Å². The Morgan fingerprint density at radius 2 is 2.00 bits per heavy atom. The van der Waals surface area contributed by atoms with Crippen LogP contribution in [0.2, 0.25) is 5.15 Å². The summed E-state index contributed by atoms with van der Waals surface area (Å²) in [5.41, 5.74) is -1.24. The second-order valence-corrected chi connectivity index (χ2v) is 7.32. The number of alkyl halides is 5. The molecule has 1 atom stereocenters. The summed E-state index contributed by atoms with van der Waals surface area (Å²) in [6, 6.07) is 3.71. The lowest BCUT2D eigenvalue weighted by Crippen LogP contribution is -2.30. The van der Waals surface area contributed by atoms with Crippen LogP contribution in [-0.2, 0) is 12.6 Å². The molecule has 30 heavy (non-hydrogen) atoms. The molecule has 0 saturated heterocycles. The minimum absolute atomic E-state index is 0.0832. The summed E-state index contributed by atoms with van der Waals surface area (Å²) in [7, 11) is 0. The molecule has 1 aliphatic rings. The minimum Gasteiger partial charge on any atom is -0.457 e.